The predicted octanol–water partition coefficient (Wildman–Crippen LogP) is 2.01. The number of likely N-dealkylation sites (tertiary alicyclic amines) is 1. The third-order valence-electron chi connectivity index (χ3n) is 4.45. The molecule has 0 aromatic carbocycles. The van der Waals surface area contributed by atoms with Crippen molar-refractivity contribution in [2.24, 2.45) is 0 Å². The minimum atomic E-state index is 0.00780. The smallest absolute Gasteiger partial charge is 0.268 e. The zero-order valence-electron chi connectivity index (χ0n) is 12.7. The van der Waals surface area contributed by atoms with Crippen molar-refractivity contribution in [3.05, 3.63) is 18.0 Å². The molecule has 0 spiro atoms. The maximum atomic E-state index is 12.3. The molecule has 2 fully saturated rings. The Kier molecular flexibility index (Phi) is 4.48. The van der Waals surface area contributed by atoms with Gasteiger partial charge >= 0.3 is 0 Å². The first-order valence-corrected chi connectivity index (χ1v) is 8.22. The van der Waals surface area contributed by atoms with E-state index < -0.39 is 0 Å². The molecule has 5 nitrogen and oxygen atoms in total. The van der Waals surface area contributed by atoms with Gasteiger partial charge in [-0.2, -0.15) is 0 Å². The van der Waals surface area contributed by atoms with Crippen LogP contribution in [0.1, 0.15) is 55.1 Å². The zero-order valence-corrected chi connectivity index (χ0v) is 12.7. The first-order chi connectivity index (χ1) is 10.2. The molecule has 0 radical (unpaired) electrons. The second-order valence-electron chi connectivity index (χ2n) is 6.31. The van der Waals surface area contributed by atoms with Crippen LogP contribution in [0.25, 0.3) is 0 Å². The van der Waals surface area contributed by atoms with Crippen LogP contribution in [0.4, 0.5) is 5.69 Å². The molecule has 2 heterocycles. The number of hydrogen-bond donors (Lipinski definition) is 2. The van der Waals surface area contributed by atoms with E-state index in [4.69, 9.17) is 5.73 Å². The summed E-state index contributed by atoms with van der Waals surface area (Å²) < 4.78 is 2.04. The second kappa shape index (κ2) is 6.52. The van der Waals surface area contributed by atoms with Crippen molar-refractivity contribution in [1.29, 1.82) is 0 Å². The van der Waals surface area contributed by atoms with E-state index in [2.05, 4.69) is 10.2 Å². The summed E-state index contributed by atoms with van der Waals surface area (Å²) in [6, 6.07) is 2.27. The van der Waals surface area contributed by atoms with Crippen LogP contribution in [0.5, 0.6) is 0 Å². The molecule has 21 heavy (non-hydrogen) atoms. The molecule has 3 N–H and O–H groups in total. The van der Waals surface area contributed by atoms with Gasteiger partial charge in [0.1, 0.15) is 5.69 Å². The van der Waals surface area contributed by atoms with Crippen molar-refractivity contribution in [2.45, 2.75) is 44.6 Å². The fourth-order valence-corrected chi connectivity index (χ4v) is 3.12. The quantitative estimate of drug-likeness (QED) is 0.872. The summed E-state index contributed by atoms with van der Waals surface area (Å²) in [4.78, 5) is 14.8. The van der Waals surface area contributed by atoms with Crippen molar-refractivity contribution in [1.82, 2.24) is 14.8 Å². The van der Waals surface area contributed by atoms with Crippen LogP contribution < -0.4 is 11.1 Å². The lowest BCUT2D eigenvalue weighted by Crippen LogP contribution is -2.36. The number of rotatable bonds is 5. The van der Waals surface area contributed by atoms with Crippen molar-refractivity contribution < 1.29 is 4.79 Å². The van der Waals surface area contributed by atoms with Crippen LogP contribution in [0.15, 0.2) is 12.3 Å². The highest BCUT2D eigenvalue weighted by Crippen LogP contribution is 2.37. The molecule has 1 saturated heterocycles. The van der Waals surface area contributed by atoms with Crippen LogP contribution in [-0.4, -0.2) is 41.6 Å². The lowest BCUT2D eigenvalue weighted by Gasteiger charge is -2.19. The van der Waals surface area contributed by atoms with Crippen molar-refractivity contribution in [2.75, 3.05) is 31.9 Å². The van der Waals surface area contributed by atoms with Crippen LogP contribution >= 0.6 is 0 Å². The van der Waals surface area contributed by atoms with E-state index in [1.807, 2.05) is 10.8 Å². The van der Waals surface area contributed by atoms with Crippen LogP contribution in [0.3, 0.4) is 0 Å². The predicted molar refractivity (Wildman–Crippen MR) is 84.4 cm³/mol. The second-order valence-corrected chi connectivity index (χ2v) is 6.31. The van der Waals surface area contributed by atoms with Crippen LogP contribution in [0, 0.1) is 0 Å². The van der Waals surface area contributed by atoms with E-state index in [1.165, 1.54) is 38.8 Å². The molecule has 1 aromatic heterocycles. The molecule has 0 atom stereocenters. The number of nitrogens with one attached hydrogen (secondary N) is 1. The van der Waals surface area contributed by atoms with Gasteiger partial charge in [0, 0.05) is 25.3 Å². The summed E-state index contributed by atoms with van der Waals surface area (Å²) in [5.74, 6) is 0.00780. The van der Waals surface area contributed by atoms with Gasteiger partial charge in [-0.15, -0.1) is 0 Å². The van der Waals surface area contributed by atoms with E-state index in [1.54, 1.807) is 6.07 Å². The van der Waals surface area contributed by atoms with Gasteiger partial charge in [-0.25, -0.2) is 0 Å². The average molecular weight is 290 g/mol. The van der Waals surface area contributed by atoms with E-state index in [0.717, 1.165) is 19.4 Å². The average Bonchev–Trinajstić information content (AvgIpc) is 3.26. The minimum Gasteiger partial charge on any atom is -0.397 e. The normalized spacial score (nSPS) is 20.2. The van der Waals surface area contributed by atoms with Crippen molar-refractivity contribution in [3.8, 4) is 0 Å². The number of aromatic nitrogens is 1. The summed E-state index contributed by atoms with van der Waals surface area (Å²) in [7, 11) is 0. The maximum Gasteiger partial charge on any atom is 0.268 e. The molecule has 116 valence electrons. The molecule has 2 aliphatic rings. The molecule has 5 heteroatoms. The molecule has 1 aliphatic heterocycles. The number of anilines is 1. The standard InChI is InChI=1S/C16H26N4O/c17-13-11-15(20(12-13)14-5-6-14)16(21)18-7-10-19-8-3-1-2-4-9-19/h11-12,14H,1-10,17H2,(H,18,21). The molecule has 1 aliphatic carbocycles. The molecule has 1 aromatic rings. The zero-order chi connectivity index (χ0) is 14.7. The largest absolute Gasteiger partial charge is 0.397 e. The van der Waals surface area contributed by atoms with Crippen molar-refractivity contribution in [3.63, 3.8) is 0 Å². The van der Waals surface area contributed by atoms with Gasteiger partial charge < -0.3 is 20.5 Å². The fourth-order valence-electron chi connectivity index (χ4n) is 3.12. The first-order valence-electron chi connectivity index (χ1n) is 8.22. The van der Waals surface area contributed by atoms with Gasteiger partial charge in [0.25, 0.3) is 5.91 Å². The van der Waals surface area contributed by atoms with Gasteiger partial charge in [-0.3, -0.25) is 4.79 Å². The number of amides is 1. The monoisotopic (exact) mass is 290 g/mol. The topological polar surface area (TPSA) is 63.3 Å². The molecule has 0 bridgehead atoms. The first kappa shape index (κ1) is 14.4. The van der Waals surface area contributed by atoms with Gasteiger partial charge in [0.15, 0.2) is 0 Å². The van der Waals surface area contributed by atoms with Gasteiger partial charge in [-0.05, 0) is 44.8 Å². The molecule has 1 saturated carbocycles. The molecular weight excluding hydrogens is 264 g/mol. The SMILES string of the molecule is Nc1cc(C(=O)NCCN2CCCCCC2)n(C2CC2)c1. The van der Waals surface area contributed by atoms with Gasteiger partial charge in [0.2, 0.25) is 0 Å². The number of nitrogens with two attached hydrogens (primary N) is 1. The number of carbonyl (C=O) groups excluding carboxylic acids is 1. The highest BCUT2D eigenvalue weighted by molar-refractivity contribution is 5.93. The molecule has 1 amide bonds. The summed E-state index contributed by atoms with van der Waals surface area (Å²) in [5, 5.41) is 3.05. The molecule has 3 rings (SSSR count). The minimum absolute atomic E-state index is 0.00780. The number of hydrogen-bond acceptors (Lipinski definition) is 3. The third-order valence-corrected chi connectivity index (χ3v) is 4.45. The van der Waals surface area contributed by atoms with E-state index in [0.29, 0.717) is 24.0 Å². The van der Waals surface area contributed by atoms with Crippen LogP contribution in [0.2, 0.25) is 0 Å². The van der Waals surface area contributed by atoms with Crippen LogP contribution in [-0.2, 0) is 0 Å². The van der Waals surface area contributed by atoms with E-state index in [-0.39, 0.29) is 5.91 Å². The van der Waals surface area contributed by atoms with Gasteiger partial charge in [0.05, 0.1) is 5.69 Å². The Hall–Kier alpha value is -1.49. The lowest BCUT2D eigenvalue weighted by molar-refractivity contribution is 0.0939. The summed E-state index contributed by atoms with van der Waals surface area (Å²) >= 11 is 0. The lowest BCUT2D eigenvalue weighted by atomic mass is 10.2. The summed E-state index contributed by atoms with van der Waals surface area (Å²) in [6.07, 6.45) is 9.46. The highest BCUT2D eigenvalue weighted by atomic mass is 16.1. The molecular formula is C16H26N4O. The van der Waals surface area contributed by atoms with E-state index >= 15 is 0 Å². The maximum absolute atomic E-state index is 12.3. The highest BCUT2D eigenvalue weighted by Gasteiger charge is 2.27. The summed E-state index contributed by atoms with van der Waals surface area (Å²) in [5.41, 5.74) is 7.23. The Morgan fingerprint density at radius 3 is 2.62 bits per heavy atom. The number of nitrogens with zero attached hydrogens (tertiary/aromatic N) is 2. The Bertz CT molecular complexity index is 484. The number of carbonyl (C=O) groups is 1. The Morgan fingerprint density at radius 1 is 1.24 bits per heavy atom. The Labute approximate surface area is 126 Å². The Morgan fingerprint density at radius 2 is 1.95 bits per heavy atom. The Balaban J connectivity index is 1.49. The van der Waals surface area contributed by atoms with Gasteiger partial charge in [-0.1, -0.05) is 12.8 Å². The number of nitrogen functional groups attached to an aromatic ring is 1. The summed E-state index contributed by atoms with van der Waals surface area (Å²) in [6.45, 7) is 4.00. The van der Waals surface area contributed by atoms with Crippen molar-refractivity contribution >= 4 is 11.6 Å². The third kappa shape index (κ3) is 3.79. The van der Waals surface area contributed by atoms with E-state index in [9.17, 15) is 4.79 Å². The fraction of sp³-hybridized carbons (Fsp3) is 0.688. The molecule has 0 unspecified atom stereocenters.